The first kappa shape index (κ1) is 10.9. The molecule has 66 valence electrons. The molecule has 0 aromatic carbocycles. The lowest BCUT2D eigenvalue weighted by Crippen LogP contribution is -2.32. The summed E-state index contributed by atoms with van der Waals surface area (Å²) in [4.78, 5) is 0. The summed E-state index contributed by atoms with van der Waals surface area (Å²) in [6.45, 7) is 14.7. The van der Waals surface area contributed by atoms with Gasteiger partial charge < -0.3 is 4.43 Å². The molecular formula is C9H20OSi. The summed E-state index contributed by atoms with van der Waals surface area (Å²) in [5.41, 5.74) is 1.17. The molecule has 0 aromatic rings. The fraction of sp³-hybridized carbons (Fsp3) is 0.778. The highest BCUT2D eigenvalue weighted by atomic mass is 28.2. The summed E-state index contributed by atoms with van der Waals surface area (Å²) in [6, 6.07) is 0. The van der Waals surface area contributed by atoms with E-state index in [0.717, 1.165) is 10.5 Å². The molecule has 0 heterocycles. The van der Waals surface area contributed by atoms with Crippen LogP contribution in [0.4, 0.5) is 0 Å². The smallest absolute Gasteiger partial charge is 0.147 e. The molecule has 0 N–H and O–H groups in total. The molecule has 0 aromatic heterocycles. The van der Waals surface area contributed by atoms with Crippen LogP contribution in [0.25, 0.3) is 0 Å². The molecule has 0 rings (SSSR count). The summed E-state index contributed by atoms with van der Waals surface area (Å²) in [7, 11) is 0.768. The predicted molar refractivity (Wildman–Crippen MR) is 53.7 cm³/mol. The molecule has 0 fully saturated rings. The minimum Gasteiger partial charge on any atom is -0.419 e. The molecule has 0 radical (unpaired) electrons. The van der Waals surface area contributed by atoms with Gasteiger partial charge >= 0.3 is 0 Å². The largest absolute Gasteiger partial charge is 0.419 e. The third-order valence-electron chi connectivity index (χ3n) is 2.14. The first-order valence-electron chi connectivity index (χ1n) is 3.97. The average molecular weight is 172 g/mol. The van der Waals surface area contributed by atoms with Crippen molar-refractivity contribution in [2.75, 3.05) is 0 Å². The molecular weight excluding hydrogens is 152 g/mol. The first-order valence-corrected chi connectivity index (χ1v) is 4.78. The summed E-state index contributed by atoms with van der Waals surface area (Å²) in [6.07, 6.45) is 0. The Morgan fingerprint density at radius 1 is 1.18 bits per heavy atom. The topological polar surface area (TPSA) is 9.23 Å². The third-order valence-corrected chi connectivity index (χ3v) is 3.16. The molecule has 0 spiro atoms. The van der Waals surface area contributed by atoms with E-state index in [0.29, 0.717) is 0 Å². The zero-order valence-electron chi connectivity index (χ0n) is 8.62. The van der Waals surface area contributed by atoms with E-state index in [1.807, 2.05) is 0 Å². The van der Waals surface area contributed by atoms with Gasteiger partial charge in [-0.3, -0.25) is 0 Å². The van der Waals surface area contributed by atoms with Crippen molar-refractivity contribution >= 4 is 10.5 Å². The van der Waals surface area contributed by atoms with Crippen LogP contribution in [0.1, 0.15) is 34.6 Å². The second-order valence-corrected chi connectivity index (χ2v) is 4.85. The maximum atomic E-state index is 5.47. The monoisotopic (exact) mass is 172 g/mol. The minimum atomic E-state index is -0.148. The van der Waals surface area contributed by atoms with Crippen LogP contribution >= 0.6 is 0 Å². The van der Waals surface area contributed by atoms with Crippen LogP contribution in [0.2, 0.25) is 0 Å². The Bertz CT molecular complexity index is 153. The molecule has 0 saturated carbocycles. The maximum absolute atomic E-state index is 5.47. The van der Waals surface area contributed by atoms with Crippen molar-refractivity contribution < 1.29 is 4.43 Å². The lowest BCUT2D eigenvalue weighted by Gasteiger charge is -2.35. The van der Waals surface area contributed by atoms with E-state index in [-0.39, 0.29) is 11.0 Å². The van der Waals surface area contributed by atoms with Gasteiger partial charge in [-0.2, -0.15) is 0 Å². The van der Waals surface area contributed by atoms with Crippen LogP contribution in [0, 0.1) is 5.41 Å². The van der Waals surface area contributed by atoms with E-state index in [1.54, 1.807) is 0 Å². The van der Waals surface area contributed by atoms with Crippen molar-refractivity contribution in [3.05, 3.63) is 12.2 Å². The molecule has 0 aliphatic rings. The Morgan fingerprint density at radius 3 is 1.64 bits per heavy atom. The fourth-order valence-electron chi connectivity index (χ4n) is 1.03. The van der Waals surface area contributed by atoms with Gasteiger partial charge in [-0.1, -0.05) is 27.4 Å². The van der Waals surface area contributed by atoms with Crippen molar-refractivity contribution in [2.24, 2.45) is 5.41 Å². The lowest BCUT2D eigenvalue weighted by atomic mass is 9.79. The van der Waals surface area contributed by atoms with Crippen molar-refractivity contribution in [1.82, 2.24) is 0 Å². The minimum absolute atomic E-state index is 0.147. The summed E-state index contributed by atoms with van der Waals surface area (Å²) >= 11 is 0. The van der Waals surface area contributed by atoms with E-state index in [1.165, 1.54) is 5.57 Å². The second-order valence-electron chi connectivity index (χ2n) is 4.44. The molecule has 0 saturated heterocycles. The molecule has 0 bridgehead atoms. The average Bonchev–Trinajstić information content (AvgIpc) is 1.84. The van der Waals surface area contributed by atoms with Gasteiger partial charge in [-0.05, 0) is 24.8 Å². The second kappa shape index (κ2) is 3.11. The van der Waals surface area contributed by atoms with Crippen LogP contribution in [0.15, 0.2) is 12.2 Å². The number of hydrogen-bond donors (Lipinski definition) is 0. The first-order chi connectivity index (χ1) is 4.72. The highest BCUT2D eigenvalue weighted by Crippen LogP contribution is 2.33. The molecule has 0 aliphatic heterocycles. The lowest BCUT2D eigenvalue weighted by molar-refractivity contribution is 0.140. The van der Waals surface area contributed by atoms with Gasteiger partial charge in [-0.25, -0.2) is 0 Å². The normalized spacial score (nSPS) is 13.5. The summed E-state index contributed by atoms with van der Waals surface area (Å²) < 4.78 is 5.47. The highest BCUT2D eigenvalue weighted by Gasteiger charge is 2.28. The highest BCUT2D eigenvalue weighted by molar-refractivity contribution is 5.98. The van der Waals surface area contributed by atoms with E-state index in [9.17, 15) is 0 Å². The molecule has 1 nitrogen and oxygen atoms in total. The van der Waals surface area contributed by atoms with Crippen molar-refractivity contribution in [2.45, 2.75) is 40.2 Å². The van der Waals surface area contributed by atoms with Crippen LogP contribution in [-0.2, 0) is 4.43 Å². The Labute approximate surface area is 73.4 Å². The van der Waals surface area contributed by atoms with Crippen molar-refractivity contribution in [3.63, 3.8) is 0 Å². The zero-order chi connectivity index (χ0) is 9.28. The molecule has 11 heavy (non-hydrogen) atoms. The summed E-state index contributed by atoms with van der Waals surface area (Å²) in [5.74, 6) is 0. The predicted octanol–water partition coefficient (Wildman–Crippen LogP) is 1.66. The Kier molecular flexibility index (Phi) is 3.09. The quantitative estimate of drug-likeness (QED) is 0.455. The zero-order valence-corrected chi connectivity index (χ0v) is 10.6. The van der Waals surface area contributed by atoms with E-state index in [2.05, 4.69) is 41.2 Å². The molecule has 0 aliphatic carbocycles. The molecule has 0 amide bonds. The van der Waals surface area contributed by atoms with Gasteiger partial charge in [-0.15, -0.1) is 0 Å². The van der Waals surface area contributed by atoms with Gasteiger partial charge in [0.2, 0.25) is 0 Å². The van der Waals surface area contributed by atoms with Gasteiger partial charge in [0.25, 0.3) is 0 Å². The van der Waals surface area contributed by atoms with E-state index < -0.39 is 0 Å². The Hall–Kier alpha value is -0.0831. The van der Waals surface area contributed by atoms with Gasteiger partial charge in [0.1, 0.15) is 10.5 Å². The van der Waals surface area contributed by atoms with Gasteiger partial charge in [0, 0.05) is 0 Å². The van der Waals surface area contributed by atoms with Gasteiger partial charge in [0.05, 0.1) is 5.60 Å². The van der Waals surface area contributed by atoms with Gasteiger partial charge in [0.15, 0.2) is 0 Å². The van der Waals surface area contributed by atoms with Crippen LogP contribution in [0.3, 0.4) is 0 Å². The third kappa shape index (κ3) is 2.79. The molecule has 0 unspecified atom stereocenters. The number of rotatable bonds is 2. The van der Waals surface area contributed by atoms with Crippen LogP contribution in [-0.4, -0.2) is 16.1 Å². The van der Waals surface area contributed by atoms with Crippen molar-refractivity contribution in [3.8, 4) is 0 Å². The van der Waals surface area contributed by atoms with E-state index >= 15 is 0 Å². The summed E-state index contributed by atoms with van der Waals surface area (Å²) in [5, 5.41) is 0. The molecule has 2 heteroatoms. The fourth-order valence-corrected chi connectivity index (χ4v) is 1.27. The van der Waals surface area contributed by atoms with Crippen LogP contribution < -0.4 is 0 Å². The van der Waals surface area contributed by atoms with E-state index in [4.69, 9.17) is 4.43 Å². The maximum Gasteiger partial charge on any atom is 0.147 e. The molecule has 0 atom stereocenters. The standard InChI is InChI=1S/C9H20OSi/c1-7(8(2,3)4)9(5,6)10-11/h1H2,2-6,11H3. The SMILES string of the molecule is C=C(C(C)(C)C)C(C)(C)O[SiH3]. The van der Waals surface area contributed by atoms with Crippen LogP contribution in [0.5, 0.6) is 0 Å². The van der Waals surface area contributed by atoms with Crippen molar-refractivity contribution in [1.29, 1.82) is 0 Å². The number of hydrogen-bond acceptors (Lipinski definition) is 1. The Morgan fingerprint density at radius 2 is 1.55 bits per heavy atom. The Balaban J connectivity index is 4.50.